The number of rotatable bonds is 5. The average Bonchev–Trinajstić information content (AvgIpc) is 2.93. The summed E-state index contributed by atoms with van der Waals surface area (Å²) in [6.45, 7) is 4.27. The van der Waals surface area contributed by atoms with Gasteiger partial charge >= 0.3 is 6.09 Å². The summed E-state index contributed by atoms with van der Waals surface area (Å²) in [5.41, 5.74) is 2.45. The summed E-state index contributed by atoms with van der Waals surface area (Å²) >= 11 is 1.43. The Bertz CT molecular complexity index is 866. The molecule has 0 fully saturated rings. The van der Waals surface area contributed by atoms with Crippen LogP contribution in [0.2, 0.25) is 0 Å². The quantitative estimate of drug-likeness (QED) is 0.724. The molecule has 0 saturated heterocycles. The van der Waals surface area contributed by atoms with Gasteiger partial charge in [-0.05, 0) is 37.6 Å². The fourth-order valence-electron chi connectivity index (χ4n) is 2.13. The van der Waals surface area contributed by atoms with Gasteiger partial charge < -0.3 is 10.1 Å². The van der Waals surface area contributed by atoms with E-state index in [1.165, 1.54) is 11.3 Å². The van der Waals surface area contributed by atoms with E-state index in [1.807, 2.05) is 26.0 Å². The summed E-state index contributed by atoms with van der Waals surface area (Å²) in [7, 11) is 0. The van der Waals surface area contributed by atoms with Crippen LogP contribution in [0.5, 0.6) is 5.88 Å². The lowest BCUT2D eigenvalue weighted by Crippen LogP contribution is -2.17. The highest BCUT2D eigenvalue weighted by molar-refractivity contribution is 7.16. The number of thiazole rings is 1. The molecule has 7 nitrogen and oxygen atoms in total. The standard InChI is InChI=1S/C17H17N5O2S/c1-11-8-14(5-7-19-11)22-17(23)24-15-16(25-12(2)21-15)20-10-13-4-3-6-18-9-13/h3-9,20H,10H2,1-2H3,(H,19,22,23). The van der Waals surface area contributed by atoms with Crippen molar-refractivity contribution in [1.29, 1.82) is 0 Å². The molecule has 0 aliphatic carbocycles. The van der Waals surface area contributed by atoms with E-state index in [0.717, 1.165) is 16.3 Å². The minimum absolute atomic E-state index is 0.259. The molecule has 0 aliphatic heterocycles. The van der Waals surface area contributed by atoms with Crippen molar-refractivity contribution in [3.63, 3.8) is 0 Å². The molecular weight excluding hydrogens is 338 g/mol. The van der Waals surface area contributed by atoms with Crippen LogP contribution >= 0.6 is 11.3 Å². The largest absolute Gasteiger partial charge is 0.418 e. The predicted octanol–water partition coefficient (Wildman–Crippen LogP) is 3.77. The Balaban J connectivity index is 1.65. The second kappa shape index (κ2) is 7.71. The molecule has 0 bridgehead atoms. The molecule has 3 aromatic heterocycles. The number of nitrogens with one attached hydrogen (secondary N) is 2. The zero-order valence-corrected chi connectivity index (χ0v) is 14.6. The lowest BCUT2D eigenvalue weighted by Gasteiger charge is -2.08. The van der Waals surface area contributed by atoms with Crippen LogP contribution in [0.4, 0.5) is 15.5 Å². The van der Waals surface area contributed by atoms with Crippen molar-refractivity contribution in [3.8, 4) is 5.88 Å². The molecule has 0 spiro atoms. The predicted molar refractivity (Wildman–Crippen MR) is 97.0 cm³/mol. The first kappa shape index (κ1) is 16.8. The molecule has 0 aromatic carbocycles. The molecule has 0 aliphatic rings. The summed E-state index contributed by atoms with van der Waals surface area (Å²) < 4.78 is 5.35. The molecule has 0 radical (unpaired) electrons. The number of amides is 1. The summed E-state index contributed by atoms with van der Waals surface area (Å²) in [6.07, 6.45) is 4.53. The summed E-state index contributed by atoms with van der Waals surface area (Å²) in [6, 6.07) is 7.29. The van der Waals surface area contributed by atoms with E-state index in [4.69, 9.17) is 4.74 Å². The first-order valence-electron chi connectivity index (χ1n) is 7.62. The number of hydrogen-bond acceptors (Lipinski definition) is 7. The van der Waals surface area contributed by atoms with Crippen molar-refractivity contribution in [2.75, 3.05) is 10.6 Å². The molecule has 25 heavy (non-hydrogen) atoms. The SMILES string of the molecule is Cc1cc(NC(=O)Oc2nc(C)sc2NCc2cccnc2)ccn1. The van der Waals surface area contributed by atoms with Crippen LogP contribution in [0.15, 0.2) is 42.9 Å². The number of carbonyl (C=O) groups is 1. The first-order valence-corrected chi connectivity index (χ1v) is 8.43. The van der Waals surface area contributed by atoms with Gasteiger partial charge in [0.1, 0.15) is 0 Å². The van der Waals surface area contributed by atoms with Gasteiger partial charge in [-0.1, -0.05) is 17.4 Å². The van der Waals surface area contributed by atoms with Crippen LogP contribution in [0.1, 0.15) is 16.3 Å². The van der Waals surface area contributed by atoms with Gasteiger partial charge in [0.2, 0.25) is 0 Å². The zero-order chi connectivity index (χ0) is 17.6. The number of hydrogen-bond donors (Lipinski definition) is 2. The monoisotopic (exact) mass is 355 g/mol. The molecule has 3 aromatic rings. The minimum atomic E-state index is -0.597. The number of carbonyl (C=O) groups excluding carboxylic acids is 1. The zero-order valence-electron chi connectivity index (χ0n) is 13.8. The maximum atomic E-state index is 12.1. The van der Waals surface area contributed by atoms with Crippen molar-refractivity contribution in [1.82, 2.24) is 15.0 Å². The number of pyridine rings is 2. The second-order valence-corrected chi connectivity index (χ2v) is 6.49. The van der Waals surface area contributed by atoms with E-state index in [2.05, 4.69) is 25.6 Å². The normalized spacial score (nSPS) is 10.3. The average molecular weight is 355 g/mol. The molecule has 0 saturated carbocycles. The Morgan fingerprint density at radius 1 is 1.28 bits per heavy atom. The van der Waals surface area contributed by atoms with Gasteiger partial charge in [-0.2, -0.15) is 0 Å². The Kier molecular flexibility index (Phi) is 5.20. The fourth-order valence-corrected chi connectivity index (χ4v) is 2.87. The summed E-state index contributed by atoms with van der Waals surface area (Å²) in [4.78, 5) is 24.5. The molecule has 1 amide bonds. The maximum absolute atomic E-state index is 12.1. The highest BCUT2D eigenvalue weighted by Gasteiger charge is 2.15. The number of nitrogens with zero attached hydrogens (tertiary/aromatic N) is 3. The third kappa shape index (κ3) is 4.74. The van der Waals surface area contributed by atoms with Crippen LogP contribution in [0.25, 0.3) is 0 Å². The Hall–Kier alpha value is -3.00. The van der Waals surface area contributed by atoms with Gasteiger partial charge in [0.15, 0.2) is 5.00 Å². The van der Waals surface area contributed by atoms with Crippen LogP contribution in [0, 0.1) is 13.8 Å². The van der Waals surface area contributed by atoms with Crippen molar-refractivity contribution in [2.24, 2.45) is 0 Å². The van der Waals surface area contributed by atoms with Gasteiger partial charge in [0.25, 0.3) is 5.88 Å². The van der Waals surface area contributed by atoms with Crippen LogP contribution in [-0.4, -0.2) is 21.0 Å². The van der Waals surface area contributed by atoms with E-state index in [1.54, 1.807) is 30.7 Å². The Morgan fingerprint density at radius 2 is 2.16 bits per heavy atom. The highest BCUT2D eigenvalue weighted by atomic mass is 32.1. The van der Waals surface area contributed by atoms with Crippen LogP contribution in [0.3, 0.4) is 0 Å². The molecule has 3 heterocycles. The topological polar surface area (TPSA) is 89.0 Å². The van der Waals surface area contributed by atoms with E-state index in [0.29, 0.717) is 17.2 Å². The lowest BCUT2D eigenvalue weighted by molar-refractivity contribution is 0.214. The maximum Gasteiger partial charge on any atom is 0.418 e. The molecule has 8 heteroatoms. The summed E-state index contributed by atoms with van der Waals surface area (Å²) in [5.74, 6) is 0.259. The lowest BCUT2D eigenvalue weighted by atomic mass is 10.3. The van der Waals surface area contributed by atoms with E-state index >= 15 is 0 Å². The first-order chi connectivity index (χ1) is 12.1. The number of aromatic nitrogens is 3. The third-order valence-corrected chi connectivity index (χ3v) is 4.12. The highest BCUT2D eigenvalue weighted by Crippen LogP contribution is 2.31. The number of ether oxygens (including phenoxy) is 1. The number of aryl methyl sites for hydroxylation is 2. The van der Waals surface area contributed by atoms with Crippen LogP contribution in [-0.2, 0) is 6.54 Å². The smallest absolute Gasteiger partial charge is 0.388 e. The van der Waals surface area contributed by atoms with E-state index < -0.39 is 6.09 Å². The summed E-state index contributed by atoms with van der Waals surface area (Å²) in [5, 5.41) is 7.40. The molecule has 128 valence electrons. The molecular formula is C17H17N5O2S. The van der Waals surface area contributed by atoms with Gasteiger partial charge in [-0.15, -0.1) is 0 Å². The molecule has 2 N–H and O–H groups in total. The number of anilines is 2. The van der Waals surface area contributed by atoms with E-state index in [-0.39, 0.29) is 5.88 Å². The van der Waals surface area contributed by atoms with Gasteiger partial charge in [-0.3, -0.25) is 15.3 Å². The van der Waals surface area contributed by atoms with E-state index in [9.17, 15) is 4.79 Å². The Labute approximate surface area is 149 Å². The van der Waals surface area contributed by atoms with Crippen molar-refractivity contribution >= 4 is 28.1 Å². The van der Waals surface area contributed by atoms with Gasteiger partial charge in [0.05, 0.1) is 5.01 Å². The molecule has 0 atom stereocenters. The van der Waals surface area contributed by atoms with Gasteiger partial charge in [-0.25, -0.2) is 9.78 Å². The second-order valence-electron chi connectivity index (χ2n) is 5.28. The molecule has 0 unspecified atom stereocenters. The third-order valence-electron chi connectivity index (χ3n) is 3.21. The van der Waals surface area contributed by atoms with Crippen molar-refractivity contribution < 1.29 is 9.53 Å². The minimum Gasteiger partial charge on any atom is -0.388 e. The van der Waals surface area contributed by atoms with Crippen molar-refractivity contribution in [3.05, 3.63) is 59.1 Å². The molecule has 3 rings (SSSR count). The van der Waals surface area contributed by atoms with Crippen molar-refractivity contribution in [2.45, 2.75) is 20.4 Å². The van der Waals surface area contributed by atoms with Crippen LogP contribution < -0.4 is 15.4 Å². The van der Waals surface area contributed by atoms with Gasteiger partial charge in [0, 0.05) is 36.5 Å². The fraction of sp³-hybridized carbons (Fsp3) is 0.176. The Morgan fingerprint density at radius 3 is 2.92 bits per heavy atom.